The fourth-order valence-electron chi connectivity index (χ4n) is 3.50. The highest BCUT2D eigenvalue weighted by molar-refractivity contribution is 7.17. The molecule has 0 atom stereocenters. The molecule has 2 aromatic carbocycles. The number of nitrogens with zero attached hydrogens (tertiary/aromatic N) is 1. The van der Waals surface area contributed by atoms with Crippen LogP contribution < -0.4 is 19.9 Å². The van der Waals surface area contributed by atoms with Gasteiger partial charge in [-0.25, -0.2) is 9.78 Å². The number of aromatic nitrogens is 1. The predicted octanol–water partition coefficient (Wildman–Crippen LogP) is 6.19. The summed E-state index contributed by atoms with van der Waals surface area (Å²) in [5, 5.41) is 2.63. The van der Waals surface area contributed by atoms with Gasteiger partial charge < -0.3 is 24.7 Å². The first-order chi connectivity index (χ1) is 16.4. The molecule has 0 aliphatic rings. The number of rotatable bonds is 8. The van der Waals surface area contributed by atoms with E-state index < -0.39 is 6.16 Å². The van der Waals surface area contributed by atoms with E-state index in [0.717, 1.165) is 22.4 Å². The third-order valence-corrected chi connectivity index (χ3v) is 6.24. The molecule has 2 aromatic heterocycles. The van der Waals surface area contributed by atoms with Gasteiger partial charge in [-0.2, -0.15) is 0 Å². The Bertz CT molecular complexity index is 1320. The largest absolute Gasteiger partial charge is 0.513 e. The fourth-order valence-corrected chi connectivity index (χ4v) is 4.51. The van der Waals surface area contributed by atoms with E-state index in [1.54, 1.807) is 6.92 Å². The predicted molar refractivity (Wildman–Crippen MR) is 133 cm³/mol. The van der Waals surface area contributed by atoms with Crippen LogP contribution in [0.4, 0.5) is 10.6 Å². The maximum absolute atomic E-state index is 11.7. The van der Waals surface area contributed by atoms with Crippen LogP contribution in [-0.2, 0) is 18.0 Å². The Hall–Kier alpha value is -3.78. The van der Waals surface area contributed by atoms with Gasteiger partial charge in [0.1, 0.15) is 30.5 Å². The van der Waals surface area contributed by atoms with Crippen molar-refractivity contribution in [2.45, 2.75) is 34.0 Å². The first-order valence-electron chi connectivity index (χ1n) is 10.9. The van der Waals surface area contributed by atoms with E-state index in [4.69, 9.17) is 24.7 Å². The lowest BCUT2D eigenvalue weighted by atomic mass is 10.1. The van der Waals surface area contributed by atoms with Crippen LogP contribution in [0.15, 0.2) is 54.0 Å². The molecule has 0 saturated heterocycles. The van der Waals surface area contributed by atoms with Gasteiger partial charge in [0.05, 0.1) is 17.5 Å². The summed E-state index contributed by atoms with van der Waals surface area (Å²) < 4.78 is 23.0. The molecule has 0 spiro atoms. The third-order valence-electron chi connectivity index (χ3n) is 5.20. The number of aryl methyl sites for hydroxylation is 2. The Kier molecular flexibility index (Phi) is 7.18. The molecule has 0 bridgehead atoms. The molecule has 0 fully saturated rings. The fraction of sp³-hybridized carbons (Fsp3) is 0.231. The smallest absolute Gasteiger partial charge is 0.489 e. The average molecular weight is 479 g/mol. The van der Waals surface area contributed by atoms with Crippen molar-refractivity contribution in [3.8, 4) is 17.2 Å². The highest BCUT2D eigenvalue weighted by atomic mass is 32.1. The van der Waals surface area contributed by atoms with Crippen LogP contribution in [0.25, 0.3) is 10.1 Å². The number of nitrogens with two attached hydrogens (primary N) is 1. The molecule has 0 aliphatic carbocycles. The highest BCUT2D eigenvalue weighted by Gasteiger charge is 2.17. The lowest BCUT2D eigenvalue weighted by Gasteiger charge is -2.12. The van der Waals surface area contributed by atoms with Gasteiger partial charge >= 0.3 is 6.16 Å². The van der Waals surface area contributed by atoms with E-state index in [2.05, 4.69) is 24.0 Å². The van der Waals surface area contributed by atoms with Gasteiger partial charge in [-0.1, -0.05) is 24.3 Å². The molecule has 7 nitrogen and oxygen atoms in total. The highest BCUT2D eigenvalue weighted by Crippen LogP contribution is 2.37. The standard InChI is InChI=1S/C26H26N2O5S/c1-4-30-26(29)33-22-12-28-25(27)23-19(15-34-24(22)23)14-32-21-10-16(2)9-20(11-21)31-13-18-8-6-5-7-17(18)3/h5-12,15H,4,13-14H2,1-3H3,(H2,27,28). The number of pyridine rings is 1. The molecule has 2 N–H and O–H groups in total. The zero-order valence-corrected chi connectivity index (χ0v) is 20.1. The van der Waals surface area contributed by atoms with E-state index >= 15 is 0 Å². The molecule has 4 aromatic rings. The molecule has 2 heterocycles. The number of hydrogen-bond acceptors (Lipinski definition) is 8. The van der Waals surface area contributed by atoms with E-state index in [1.165, 1.54) is 23.1 Å². The number of nitrogen functional groups attached to an aromatic ring is 1. The van der Waals surface area contributed by atoms with E-state index in [0.29, 0.717) is 34.0 Å². The molecular weight excluding hydrogens is 452 g/mol. The van der Waals surface area contributed by atoms with Gasteiger partial charge in [0.15, 0.2) is 5.75 Å². The van der Waals surface area contributed by atoms with Crippen molar-refractivity contribution in [2.24, 2.45) is 0 Å². The summed E-state index contributed by atoms with van der Waals surface area (Å²) in [6, 6.07) is 13.9. The lowest BCUT2D eigenvalue weighted by Crippen LogP contribution is -2.10. The van der Waals surface area contributed by atoms with Gasteiger partial charge in [-0.05, 0) is 55.0 Å². The first kappa shape index (κ1) is 23.4. The second kappa shape index (κ2) is 10.4. The summed E-state index contributed by atoms with van der Waals surface area (Å²) >= 11 is 1.41. The van der Waals surface area contributed by atoms with Gasteiger partial charge in [-0.15, -0.1) is 11.3 Å². The van der Waals surface area contributed by atoms with Crippen molar-refractivity contribution >= 4 is 33.4 Å². The maximum atomic E-state index is 11.7. The van der Waals surface area contributed by atoms with Crippen LogP contribution >= 0.6 is 11.3 Å². The quantitative estimate of drug-likeness (QED) is 0.302. The molecule has 0 radical (unpaired) electrons. The SMILES string of the molecule is CCOC(=O)Oc1cnc(N)c2c(COc3cc(C)cc(OCc4ccccc4C)c3)csc12. The third kappa shape index (κ3) is 5.40. The van der Waals surface area contributed by atoms with Crippen molar-refractivity contribution < 1.29 is 23.7 Å². The summed E-state index contributed by atoms with van der Waals surface area (Å²) in [6.07, 6.45) is 0.647. The Labute approximate surface area is 202 Å². The molecule has 0 unspecified atom stereocenters. The topological polar surface area (TPSA) is 92.9 Å². The van der Waals surface area contributed by atoms with Crippen molar-refractivity contribution in [3.63, 3.8) is 0 Å². The van der Waals surface area contributed by atoms with Crippen LogP contribution in [0.3, 0.4) is 0 Å². The maximum Gasteiger partial charge on any atom is 0.513 e. The summed E-state index contributed by atoms with van der Waals surface area (Å²) in [4.78, 5) is 15.9. The molecule has 8 heteroatoms. The van der Waals surface area contributed by atoms with Crippen LogP contribution in [0, 0.1) is 13.8 Å². The Morgan fingerprint density at radius 2 is 1.74 bits per heavy atom. The van der Waals surface area contributed by atoms with Crippen LogP contribution in [0.1, 0.15) is 29.2 Å². The number of carbonyl (C=O) groups excluding carboxylic acids is 1. The second-order valence-electron chi connectivity index (χ2n) is 7.74. The Balaban J connectivity index is 1.49. The molecular formula is C26H26N2O5S. The van der Waals surface area contributed by atoms with Crippen molar-refractivity contribution in [2.75, 3.05) is 12.3 Å². The minimum atomic E-state index is -0.778. The number of benzene rings is 2. The normalized spacial score (nSPS) is 10.8. The number of anilines is 1. The lowest BCUT2D eigenvalue weighted by molar-refractivity contribution is 0.105. The zero-order valence-electron chi connectivity index (χ0n) is 19.3. The average Bonchev–Trinajstić information content (AvgIpc) is 3.24. The van der Waals surface area contributed by atoms with Gasteiger partial charge in [-0.3, -0.25) is 0 Å². The molecule has 34 heavy (non-hydrogen) atoms. The molecule has 0 aliphatic heterocycles. The number of hydrogen-bond donors (Lipinski definition) is 1. The van der Waals surface area contributed by atoms with Crippen molar-refractivity contribution in [3.05, 3.63) is 76.3 Å². The van der Waals surface area contributed by atoms with E-state index in [-0.39, 0.29) is 13.2 Å². The second-order valence-corrected chi connectivity index (χ2v) is 8.62. The summed E-state index contributed by atoms with van der Waals surface area (Å²) in [6.45, 7) is 6.75. The summed E-state index contributed by atoms with van der Waals surface area (Å²) in [7, 11) is 0. The first-order valence-corrected chi connectivity index (χ1v) is 11.7. The zero-order chi connectivity index (χ0) is 24.1. The van der Waals surface area contributed by atoms with Gasteiger partial charge in [0.25, 0.3) is 0 Å². The molecule has 4 rings (SSSR count). The molecule has 0 saturated carbocycles. The summed E-state index contributed by atoms with van der Waals surface area (Å²) in [5.74, 6) is 2.07. The van der Waals surface area contributed by atoms with Crippen LogP contribution in [-0.4, -0.2) is 17.7 Å². The van der Waals surface area contributed by atoms with Crippen molar-refractivity contribution in [1.29, 1.82) is 0 Å². The molecule has 176 valence electrons. The van der Waals surface area contributed by atoms with Crippen molar-refractivity contribution in [1.82, 2.24) is 4.98 Å². The number of thiophene rings is 1. The Morgan fingerprint density at radius 1 is 1.03 bits per heavy atom. The van der Waals surface area contributed by atoms with Gasteiger partial charge in [0.2, 0.25) is 0 Å². The minimum Gasteiger partial charge on any atom is -0.489 e. The van der Waals surface area contributed by atoms with E-state index in [1.807, 2.05) is 42.6 Å². The van der Waals surface area contributed by atoms with Crippen LogP contribution in [0.5, 0.6) is 17.2 Å². The van der Waals surface area contributed by atoms with Gasteiger partial charge in [0, 0.05) is 17.0 Å². The van der Waals surface area contributed by atoms with Crippen LogP contribution in [0.2, 0.25) is 0 Å². The summed E-state index contributed by atoms with van der Waals surface area (Å²) in [5.41, 5.74) is 10.3. The Morgan fingerprint density at radius 3 is 2.44 bits per heavy atom. The number of fused-ring (bicyclic) bond motifs is 1. The number of carbonyl (C=O) groups is 1. The monoisotopic (exact) mass is 478 g/mol. The minimum absolute atomic E-state index is 0.223. The number of ether oxygens (including phenoxy) is 4. The molecule has 0 amide bonds. The van der Waals surface area contributed by atoms with E-state index in [9.17, 15) is 4.79 Å².